The van der Waals surface area contributed by atoms with Crippen molar-refractivity contribution in [2.24, 2.45) is 0 Å². The monoisotopic (exact) mass is 758 g/mol. The van der Waals surface area contributed by atoms with Crippen LogP contribution in [-0.4, -0.2) is 46.9 Å². The predicted octanol–water partition coefficient (Wildman–Crippen LogP) is 13.1. The number of unbranched alkanes of at least 4 members (excludes halogenated alkanes) is 20. The van der Waals surface area contributed by atoms with Gasteiger partial charge in [-0.15, -0.1) is 0 Å². The highest BCUT2D eigenvalue weighted by Gasteiger charge is 2.24. The third kappa shape index (κ3) is 36.8. The Bertz CT molecular complexity index is 941. The first-order valence-electron chi connectivity index (χ1n) is 22.9. The molecule has 1 amide bonds. The molecule has 0 aromatic heterocycles. The minimum absolute atomic E-state index is 0.0413. The summed E-state index contributed by atoms with van der Waals surface area (Å²) in [6.07, 6.45) is 48.9. The second-order valence-corrected chi connectivity index (χ2v) is 15.4. The number of aliphatic hydroxyl groups excluding tert-OH is 2. The molecule has 6 heteroatoms. The number of hydrogen-bond acceptors (Lipinski definition) is 5. The van der Waals surface area contributed by atoms with E-state index < -0.39 is 18.2 Å². The lowest BCUT2D eigenvalue weighted by Gasteiger charge is -2.24. The van der Waals surface area contributed by atoms with Crippen molar-refractivity contribution in [1.29, 1.82) is 0 Å². The number of nitrogens with one attached hydrogen (secondary N) is 1. The van der Waals surface area contributed by atoms with Gasteiger partial charge < -0.3 is 20.3 Å². The molecule has 0 aliphatic carbocycles. The highest BCUT2D eigenvalue weighted by molar-refractivity contribution is 5.77. The molecule has 3 unspecified atom stereocenters. The number of allylic oxidation sites excluding steroid dienone is 8. The molecule has 0 fully saturated rings. The van der Waals surface area contributed by atoms with Gasteiger partial charge >= 0.3 is 5.97 Å². The van der Waals surface area contributed by atoms with Crippen LogP contribution < -0.4 is 5.32 Å². The summed E-state index contributed by atoms with van der Waals surface area (Å²) in [5.41, 5.74) is 0. The van der Waals surface area contributed by atoms with Crippen molar-refractivity contribution < 1.29 is 24.5 Å². The zero-order valence-electron chi connectivity index (χ0n) is 35.6. The largest absolute Gasteiger partial charge is 0.462 e. The fourth-order valence-corrected chi connectivity index (χ4v) is 6.72. The Morgan fingerprint density at radius 2 is 1.00 bits per heavy atom. The maximum Gasteiger partial charge on any atom is 0.306 e. The van der Waals surface area contributed by atoms with E-state index in [-0.39, 0.29) is 24.9 Å². The second-order valence-electron chi connectivity index (χ2n) is 15.4. The third-order valence-electron chi connectivity index (χ3n) is 10.2. The van der Waals surface area contributed by atoms with Gasteiger partial charge in [0.25, 0.3) is 0 Å². The van der Waals surface area contributed by atoms with Crippen LogP contribution in [0.5, 0.6) is 0 Å². The van der Waals surface area contributed by atoms with Gasteiger partial charge in [0.05, 0.1) is 25.2 Å². The maximum absolute atomic E-state index is 13.1. The number of hydrogen-bond donors (Lipinski definition) is 3. The Morgan fingerprint density at radius 1 is 0.556 bits per heavy atom. The Hall–Kier alpha value is -2.18. The molecule has 0 saturated carbocycles. The second kappa shape index (κ2) is 42.0. The highest BCUT2D eigenvalue weighted by Crippen LogP contribution is 2.17. The summed E-state index contributed by atoms with van der Waals surface area (Å²) in [6, 6.07) is -0.715. The zero-order chi connectivity index (χ0) is 39.6. The van der Waals surface area contributed by atoms with E-state index in [0.29, 0.717) is 19.3 Å². The van der Waals surface area contributed by atoms with E-state index in [9.17, 15) is 19.8 Å². The van der Waals surface area contributed by atoms with Gasteiger partial charge in [0, 0.05) is 6.42 Å². The molecule has 0 aromatic carbocycles. The van der Waals surface area contributed by atoms with Crippen LogP contribution in [0.15, 0.2) is 48.6 Å². The van der Waals surface area contributed by atoms with Gasteiger partial charge in [-0.1, -0.05) is 198 Å². The van der Waals surface area contributed by atoms with Crippen LogP contribution in [-0.2, 0) is 14.3 Å². The lowest BCUT2D eigenvalue weighted by molar-refractivity contribution is -0.151. The molecule has 0 aromatic rings. The first-order chi connectivity index (χ1) is 26.5. The van der Waals surface area contributed by atoms with E-state index in [1.807, 2.05) is 0 Å². The van der Waals surface area contributed by atoms with Crippen molar-refractivity contribution in [3.05, 3.63) is 48.6 Å². The summed E-state index contributed by atoms with van der Waals surface area (Å²) in [5.74, 6) is -0.528. The van der Waals surface area contributed by atoms with E-state index in [4.69, 9.17) is 4.74 Å². The summed E-state index contributed by atoms with van der Waals surface area (Å²) in [4.78, 5) is 25.9. The Morgan fingerprint density at radius 3 is 1.48 bits per heavy atom. The van der Waals surface area contributed by atoms with Crippen LogP contribution in [0.25, 0.3) is 0 Å². The van der Waals surface area contributed by atoms with E-state index >= 15 is 0 Å². The van der Waals surface area contributed by atoms with Crippen LogP contribution in [0.4, 0.5) is 0 Å². The minimum Gasteiger partial charge on any atom is -0.462 e. The fraction of sp³-hybridized carbons (Fsp3) is 0.792. The molecule has 0 bridgehead atoms. The smallest absolute Gasteiger partial charge is 0.306 e. The number of carbonyl (C=O) groups excluding carboxylic acids is 2. The van der Waals surface area contributed by atoms with Crippen LogP contribution >= 0.6 is 0 Å². The van der Waals surface area contributed by atoms with E-state index in [0.717, 1.165) is 77.0 Å². The third-order valence-corrected chi connectivity index (χ3v) is 10.2. The Kier molecular flexibility index (Phi) is 40.3. The van der Waals surface area contributed by atoms with Gasteiger partial charge in [-0.2, -0.15) is 0 Å². The molecule has 3 atom stereocenters. The first kappa shape index (κ1) is 51.8. The number of esters is 1. The molecular weight excluding hydrogens is 671 g/mol. The average Bonchev–Trinajstić information content (AvgIpc) is 3.16. The van der Waals surface area contributed by atoms with Crippen LogP contribution in [0.1, 0.15) is 220 Å². The maximum atomic E-state index is 13.1. The Balaban J connectivity index is 4.70. The van der Waals surface area contributed by atoms with E-state index in [1.54, 1.807) is 0 Å². The highest BCUT2D eigenvalue weighted by atomic mass is 16.5. The van der Waals surface area contributed by atoms with Crippen molar-refractivity contribution in [3.8, 4) is 0 Å². The van der Waals surface area contributed by atoms with Gasteiger partial charge in [0.2, 0.25) is 5.91 Å². The van der Waals surface area contributed by atoms with Gasteiger partial charge in [0.1, 0.15) is 6.10 Å². The molecule has 6 nitrogen and oxygen atoms in total. The molecule has 0 heterocycles. The summed E-state index contributed by atoms with van der Waals surface area (Å²) < 4.78 is 5.87. The van der Waals surface area contributed by atoms with E-state index in [2.05, 4.69) is 74.7 Å². The van der Waals surface area contributed by atoms with Gasteiger partial charge in [0.15, 0.2) is 0 Å². The molecule has 54 heavy (non-hydrogen) atoms. The number of ether oxygens (including phenoxy) is 1. The number of carbonyl (C=O) groups is 2. The number of rotatable bonds is 40. The van der Waals surface area contributed by atoms with Gasteiger partial charge in [-0.25, -0.2) is 0 Å². The molecule has 0 radical (unpaired) electrons. The molecular formula is C48H87NO5. The van der Waals surface area contributed by atoms with Crippen molar-refractivity contribution in [1.82, 2.24) is 5.32 Å². The summed E-state index contributed by atoms with van der Waals surface area (Å²) in [7, 11) is 0. The first-order valence-corrected chi connectivity index (χ1v) is 22.9. The predicted molar refractivity (Wildman–Crippen MR) is 232 cm³/mol. The molecule has 3 N–H and O–H groups in total. The van der Waals surface area contributed by atoms with Crippen molar-refractivity contribution in [2.45, 2.75) is 238 Å². The van der Waals surface area contributed by atoms with Crippen molar-refractivity contribution in [3.63, 3.8) is 0 Å². The Labute approximate surface area is 334 Å². The van der Waals surface area contributed by atoms with Gasteiger partial charge in [-0.05, 0) is 57.8 Å². The number of aliphatic hydroxyl groups is 2. The minimum atomic E-state index is -0.798. The van der Waals surface area contributed by atoms with Crippen molar-refractivity contribution >= 4 is 11.9 Å². The zero-order valence-corrected chi connectivity index (χ0v) is 35.6. The van der Waals surface area contributed by atoms with Crippen molar-refractivity contribution in [2.75, 3.05) is 6.61 Å². The molecule has 0 rings (SSSR count). The van der Waals surface area contributed by atoms with Crippen LogP contribution in [0.3, 0.4) is 0 Å². The summed E-state index contributed by atoms with van der Waals surface area (Å²) in [6.45, 7) is 6.32. The molecule has 314 valence electrons. The number of amides is 1. The summed E-state index contributed by atoms with van der Waals surface area (Å²) >= 11 is 0. The molecule has 0 aliphatic rings. The normalized spacial score (nSPS) is 13.8. The molecule has 0 saturated heterocycles. The average molecular weight is 758 g/mol. The molecule has 0 aliphatic heterocycles. The standard InChI is InChI=1S/C48H87NO5/c1-4-7-10-13-16-19-21-23-24-25-28-30-33-36-39-44(54-48(53)41-38-35-32-29-26-22-20-17-14-11-8-5-2)42-47(52)49-45(43-50)46(51)40-37-34-31-27-18-15-12-9-6-3/h7,10,16,19,23-24,28,30,44-46,50-51H,4-6,8-9,11-15,17-18,20-22,25-27,29,31-43H2,1-3H3,(H,49,52)/b10-7+,19-16+,24-23+,30-28+. The van der Waals surface area contributed by atoms with Crippen LogP contribution in [0.2, 0.25) is 0 Å². The SMILES string of the molecule is CC/C=C/C/C=C/C/C=C/C/C=C/CCCC(CC(=O)NC(CO)C(O)CCCCCCCCCCC)OC(=O)CCCCCCCCCCCCCC. The fourth-order valence-electron chi connectivity index (χ4n) is 6.72. The van der Waals surface area contributed by atoms with E-state index in [1.165, 1.54) is 96.3 Å². The van der Waals surface area contributed by atoms with Gasteiger partial charge in [-0.3, -0.25) is 9.59 Å². The lowest BCUT2D eigenvalue weighted by Crippen LogP contribution is -2.46. The lowest BCUT2D eigenvalue weighted by atomic mass is 10.0. The topological polar surface area (TPSA) is 95.9 Å². The summed E-state index contributed by atoms with van der Waals surface area (Å²) in [5, 5.41) is 23.6. The van der Waals surface area contributed by atoms with Crippen LogP contribution in [0, 0.1) is 0 Å². The molecule has 0 spiro atoms. The quantitative estimate of drug-likeness (QED) is 0.0329.